The van der Waals surface area contributed by atoms with Gasteiger partial charge in [0.15, 0.2) is 0 Å². The van der Waals surface area contributed by atoms with Gasteiger partial charge < -0.3 is 19.9 Å². The summed E-state index contributed by atoms with van der Waals surface area (Å²) < 4.78 is 2.06. The number of amides is 2. The molecule has 2 aromatic carbocycles. The van der Waals surface area contributed by atoms with Crippen molar-refractivity contribution in [1.29, 1.82) is 0 Å². The molecule has 1 aliphatic rings. The summed E-state index contributed by atoms with van der Waals surface area (Å²) in [5, 5.41) is 16.7. The van der Waals surface area contributed by atoms with Crippen molar-refractivity contribution in [3.63, 3.8) is 0 Å². The minimum atomic E-state index is -0.402. The molecular weight excluding hydrogens is 392 g/mol. The highest BCUT2D eigenvalue weighted by Gasteiger charge is 2.33. The van der Waals surface area contributed by atoms with Gasteiger partial charge in [0.05, 0.1) is 11.1 Å². The monoisotopic (exact) mass is 420 g/mol. The van der Waals surface area contributed by atoms with Crippen molar-refractivity contribution in [2.75, 3.05) is 20.6 Å². The Hall–Kier alpha value is -3.16. The first kappa shape index (κ1) is 21.1. The second kappa shape index (κ2) is 8.17. The Kier molecular flexibility index (Phi) is 5.56. The largest absolute Gasteiger partial charge is 0.508 e. The fourth-order valence-corrected chi connectivity index (χ4v) is 4.13. The molecule has 1 aromatic heterocycles. The number of aryl methyl sites for hydroxylation is 1. The van der Waals surface area contributed by atoms with Gasteiger partial charge in [0, 0.05) is 36.2 Å². The number of carbonyl (C=O) groups is 2. The molecule has 1 aliphatic heterocycles. The van der Waals surface area contributed by atoms with Gasteiger partial charge in [0.25, 0.3) is 11.8 Å². The fourth-order valence-electron chi connectivity index (χ4n) is 4.13. The lowest BCUT2D eigenvalue weighted by molar-refractivity contribution is 0.0880. The zero-order valence-electron chi connectivity index (χ0n) is 18.3. The number of rotatable bonds is 7. The molecule has 3 N–H and O–H groups in total. The van der Waals surface area contributed by atoms with Crippen molar-refractivity contribution in [2.45, 2.75) is 25.9 Å². The van der Waals surface area contributed by atoms with Crippen LogP contribution in [0.25, 0.3) is 22.0 Å². The molecule has 162 valence electrons. The van der Waals surface area contributed by atoms with Crippen LogP contribution in [-0.4, -0.2) is 53.1 Å². The number of carbonyl (C=O) groups excluding carboxylic acids is 2. The van der Waals surface area contributed by atoms with Gasteiger partial charge in [-0.05, 0) is 69.4 Å². The van der Waals surface area contributed by atoms with E-state index in [4.69, 9.17) is 0 Å². The molecule has 0 saturated heterocycles. The Morgan fingerprint density at radius 3 is 2.58 bits per heavy atom. The standard InChI is InChI=1S/C24H28N4O3/c1-14(8-9-27(2)3)25-13-16-11-19-20(28(16)4)12-18(15-6-5-7-17(29)10-15)21-22(19)24(31)26-23(21)30/h5-7,10-12,14,25,29H,8-9,13H2,1-4H3,(H,26,30,31). The van der Waals surface area contributed by atoms with Gasteiger partial charge in [-0.2, -0.15) is 0 Å². The number of nitrogens with one attached hydrogen (secondary N) is 2. The number of fused-ring (bicyclic) bond motifs is 3. The van der Waals surface area contributed by atoms with E-state index in [1.165, 1.54) is 0 Å². The first-order valence-corrected chi connectivity index (χ1v) is 10.4. The van der Waals surface area contributed by atoms with Crippen LogP contribution in [0.15, 0.2) is 36.4 Å². The highest BCUT2D eigenvalue weighted by molar-refractivity contribution is 6.29. The predicted octanol–water partition coefficient (Wildman–Crippen LogP) is 2.86. The number of benzene rings is 2. The van der Waals surface area contributed by atoms with E-state index in [9.17, 15) is 14.7 Å². The molecule has 0 aliphatic carbocycles. The van der Waals surface area contributed by atoms with E-state index < -0.39 is 5.91 Å². The maximum absolute atomic E-state index is 12.7. The number of imide groups is 1. The molecule has 0 fully saturated rings. The number of phenolic OH excluding ortho intramolecular Hbond substituents is 1. The van der Waals surface area contributed by atoms with Crippen molar-refractivity contribution in [3.05, 3.63) is 53.2 Å². The Bertz CT molecular complexity index is 1180. The average molecular weight is 421 g/mol. The van der Waals surface area contributed by atoms with Crippen molar-refractivity contribution >= 4 is 22.7 Å². The van der Waals surface area contributed by atoms with Crippen LogP contribution in [0, 0.1) is 0 Å². The van der Waals surface area contributed by atoms with Crippen molar-refractivity contribution in [1.82, 2.24) is 20.1 Å². The summed E-state index contributed by atoms with van der Waals surface area (Å²) in [6, 6.07) is 11.0. The first-order valence-electron chi connectivity index (χ1n) is 10.4. The minimum absolute atomic E-state index is 0.111. The number of hydrogen-bond acceptors (Lipinski definition) is 5. The van der Waals surface area contributed by atoms with Gasteiger partial charge in [0.2, 0.25) is 0 Å². The number of aromatic nitrogens is 1. The Morgan fingerprint density at radius 2 is 1.87 bits per heavy atom. The minimum Gasteiger partial charge on any atom is -0.508 e. The maximum Gasteiger partial charge on any atom is 0.259 e. The Labute approximate surface area is 181 Å². The lowest BCUT2D eigenvalue weighted by Gasteiger charge is -2.17. The summed E-state index contributed by atoms with van der Waals surface area (Å²) in [6.07, 6.45) is 1.03. The van der Waals surface area contributed by atoms with Crippen LogP contribution in [0.1, 0.15) is 39.8 Å². The van der Waals surface area contributed by atoms with E-state index in [1.54, 1.807) is 18.2 Å². The number of nitrogens with zero attached hydrogens (tertiary/aromatic N) is 2. The predicted molar refractivity (Wildman–Crippen MR) is 121 cm³/mol. The molecule has 2 amide bonds. The third kappa shape index (κ3) is 3.94. The molecule has 0 bridgehead atoms. The number of hydrogen-bond donors (Lipinski definition) is 3. The zero-order chi connectivity index (χ0) is 22.3. The van der Waals surface area contributed by atoms with Crippen molar-refractivity contribution < 1.29 is 14.7 Å². The van der Waals surface area contributed by atoms with Gasteiger partial charge >= 0.3 is 0 Å². The molecule has 4 rings (SSSR count). The molecule has 1 unspecified atom stereocenters. The topological polar surface area (TPSA) is 86.6 Å². The third-order valence-electron chi connectivity index (χ3n) is 5.93. The molecule has 1 atom stereocenters. The molecule has 3 aromatic rings. The smallest absolute Gasteiger partial charge is 0.259 e. The van der Waals surface area contributed by atoms with E-state index >= 15 is 0 Å². The molecule has 7 nitrogen and oxygen atoms in total. The summed E-state index contributed by atoms with van der Waals surface area (Å²) in [5.74, 6) is -0.669. The zero-order valence-corrected chi connectivity index (χ0v) is 18.3. The van der Waals surface area contributed by atoms with Crippen LogP contribution in [0.4, 0.5) is 0 Å². The van der Waals surface area contributed by atoms with E-state index in [1.807, 2.05) is 25.2 Å². The molecule has 31 heavy (non-hydrogen) atoms. The third-order valence-corrected chi connectivity index (χ3v) is 5.93. The summed E-state index contributed by atoms with van der Waals surface area (Å²) in [7, 11) is 6.10. The van der Waals surface area contributed by atoms with E-state index in [0.29, 0.717) is 34.8 Å². The first-order chi connectivity index (χ1) is 14.8. The van der Waals surface area contributed by atoms with Gasteiger partial charge in [-0.3, -0.25) is 14.9 Å². The van der Waals surface area contributed by atoms with Crippen LogP contribution in [-0.2, 0) is 13.6 Å². The second-order valence-electron chi connectivity index (χ2n) is 8.51. The molecular formula is C24H28N4O3. The normalized spacial score (nSPS) is 14.4. The van der Waals surface area contributed by atoms with Crippen LogP contribution < -0.4 is 10.6 Å². The van der Waals surface area contributed by atoms with Crippen LogP contribution in [0.2, 0.25) is 0 Å². The van der Waals surface area contributed by atoms with E-state index in [0.717, 1.165) is 29.6 Å². The summed E-state index contributed by atoms with van der Waals surface area (Å²) in [4.78, 5) is 27.4. The number of aromatic hydroxyl groups is 1. The van der Waals surface area contributed by atoms with Gasteiger partial charge in [0.1, 0.15) is 5.75 Å². The summed E-state index contributed by atoms with van der Waals surface area (Å²) >= 11 is 0. The molecule has 0 radical (unpaired) electrons. The van der Waals surface area contributed by atoms with Crippen molar-refractivity contribution in [2.24, 2.45) is 7.05 Å². The highest BCUT2D eigenvalue weighted by Crippen LogP contribution is 2.37. The van der Waals surface area contributed by atoms with Gasteiger partial charge in [-0.1, -0.05) is 12.1 Å². The van der Waals surface area contributed by atoms with Gasteiger partial charge in [-0.15, -0.1) is 0 Å². The quantitative estimate of drug-likeness (QED) is 0.512. The number of phenols is 1. The highest BCUT2D eigenvalue weighted by atomic mass is 16.3. The van der Waals surface area contributed by atoms with E-state index in [2.05, 4.69) is 41.1 Å². The Balaban J connectivity index is 1.77. The fraction of sp³-hybridized carbons (Fsp3) is 0.333. The SMILES string of the molecule is CC(CCN(C)C)NCc1cc2c3c(c(-c4cccc(O)c4)cc2n1C)C(=O)NC3=O. The summed E-state index contributed by atoms with van der Waals surface area (Å²) in [5.41, 5.74) is 4.02. The maximum atomic E-state index is 12.7. The van der Waals surface area contributed by atoms with Crippen LogP contribution >= 0.6 is 0 Å². The lowest BCUT2D eigenvalue weighted by atomic mass is 9.94. The molecule has 0 spiro atoms. The van der Waals surface area contributed by atoms with Crippen LogP contribution in [0.5, 0.6) is 5.75 Å². The molecule has 7 heteroatoms. The lowest BCUT2D eigenvalue weighted by Crippen LogP contribution is -2.29. The van der Waals surface area contributed by atoms with Crippen molar-refractivity contribution in [3.8, 4) is 16.9 Å². The second-order valence-corrected chi connectivity index (χ2v) is 8.51. The average Bonchev–Trinajstić information content (AvgIpc) is 3.20. The summed E-state index contributed by atoms with van der Waals surface area (Å²) in [6.45, 7) is 3.83. The Morgan fingerprint density at radius 1 is 1.13 bits per heavy atom. The molecule has 2 heterocycles. The van der Waals surface area contributed by atoms with Crippen LogP contribution in [0.3, 0.4) is 0 Å². The molecule has 0 saturated carbocycles. The van der Waals surface area contributed by atoms with E-state index in [-0.39, 0.29) is 11.7 Å². The van der Waals surface area contributed by atoms with Gasteiger partial charge in [-0.25, -0.2) is 0 Å².